The van der Waals surface area contributed by atoms with Crippen LogP contribution >= 0.6 is 0 Å². The number of methoxy groups -OCH3 is 2. The zero-order chi connectivity index (χ0) is 17.1. The molecule has 0 saturated carbocycles. The highest BCUT2D eigenvalue weighted by atomic mass is 16.5. The molecule has 3 nitrogen and oxygen atoms in total. The van der Waals surface area contributed by atoms with Crippen LogP contribution in [0.4, 0.5) is 0 Å². The second-order valence-corrected chi connectivity index (χ2v) is 6.70. The molecule has 0 spiro atoms. The van der Waals surface area contributed by atoms with Crippen molar-refractivity contribution in [3.05, 3.63) is 58.1 Å². The van der Waals surface area contributed by atoms with Gasteiger partial charge >= 0.3 is 0 Å². The van der Waals surface area contributed by atoms with Crippen molar-refractivity contribution in [2.45, 2.75) is 39.2 Å². The van der Waals surface area contributed by atoms with Crippen molar-refractivity contribution < 1.29 is 9.47 Å². The third-order valence-corrected chi connectivity index (χ3v) is 4.81. The van der Waals surface area contributed by atoms with Gasteiger partial charge in [0.05, 0.1) is 14.2 Å². The predicted molar refractivity (Wildman–Crippen MR) is 98.2 cm³/mol. The molecule has 2 aromatic rings. The molecule has 1 atom stereocenters. The summed E-state index contributed by atoms with van der Waals surface area (Å²) in [7, 11) is 3.40. The first-order chi connectivity index (χ1) is 11.6. The van der Waals surface area contributed by atoms with Crippen molar-refractivity contribution in [1.29, 1.82) is 0 Å². The third-order valence-electron chi connectivity index (χ3n) is 4.81. The molecule has 128 valence electrons. The summed E-state index contributed by atoms with van der Waals surface area (Å²) in [6.45, 7) is 5.35. The largest absolute Gasteiger partial charge is 0.493 e. The highest BCUT2D eigenvalue weighted by molar-refractivity contribution is 5.49. The summed E-state index contributed by atoms with van der Waals surface area (Å²) >= 11 is 0. The van der Waals surface area contributed by atoms with Crippen LogP contribution in [0.5, 0.6) is 11.5 Å². The molecular weight excluding hydrogens is 298 g/mol. The first kappa shape index (κ1) is 16.8. The molecule has 1 heterocycles. The number of hydrogen-bond acceptors (Lipinski definition) is 3. The number of fused-ring (bicyclic) bond motifs is 1. The SMILES string of the molecule is COc1cc2c(cc1OC)[C@H](CCc1cc(C)cc(C)c1)NCC2. The molecule has 2 aromatic carbocycles. The van der Waals surface area contributed by atoms with Gasteiger partial charge < -0.3 is 14.8 Å². The van der Waals surface area contributed by atoms with Gasteiger partial charge in [-0.05, 0) is 68.5 Å². The molecule has 0 amide bonds. The highest BCUT2D eigenvalue weighted by Gasteiger charge is 2.22. The maximum absolute atomic E-state index is 5.49. The molecular formula is C21H27NO2. The lowest BCUT2D eigenvalue weighted by molar-refractivity contribution is 0.351. The average molecular weight is 325 g/mol. The molecule has 1 aliphatic rings. The number of aryl methyl sites for hydroxylation is 3. The third kappa shape index (κ3) is 3.57. The Morgan fingerprint density at radius 3 is 2.29 bits per heavy atom. The molecule has 0 bridgehead atoms. The lowest BCUT2D eigenvalue weighted by Crippen LogP contribution is -2.30. The Balaban J connectivity index is 1.81. The molecule has 0 fully saturated rings. The Kier molecular flexibility index (Phi) is 5.10. The zero-order valence-electron chi connectivity index (χ0n) is 15.1. The second kappa shape index (κ2) is 7.27. The normalized spacial score (nSPS) is 16.6. The van der Waals surface area contributed by atoms with E-state index in [0.29, 0.717) is 6.04 Å². The van der Waals surface area contributed by atoms with Gasteiger partial charge in [-0.3, -0.25) is 0 Å². The molecule has 0 aromatic heterocycles. The quantitative estimate of drug-likeness (QED) is 0.896. The smallest absolute Gasteiger partial charge is 0.161 e. The Labute approximate surface area is 145 Å². The van der Waals surface area contributed by atoms with Crippen molar-refractivity contribution in [1.82, 2.24) is 5.32 Å². The molecule has 1 N–H and O–H groups in total. The molecule has 3 heteroatoms. The maximum atomic E-state index is 5.49. The summed E-state index contributed by atoms with van der Waals surface area (Å²) in [5.41, 5.74) is 6.82. The average Bonchev–Trinajstić information content (AvgIpc) is 2.57. The van der Waals surface area contributed by atoms with Crippen LogP contribution in [0.3, 0.4) is 0 Å². The van der Waals surface area contributed by atoms with Crippen LogP contribution in [0.25, 0.3) is 0 Å². The summed E-state index contributed by atoms with van der Waals surface area (Å²) in [6.07, 6.45) is 3.20. The standard InChI is InChI=1S/C21H27NO2/c1-14-9-15(2)11-16(10-14)5-6-19-18-13-21(24-4)20(23-3)12-17(18)7-8-22-19/h9-13,19,22H,5-8H2,1-4H3/t19-/m0/s1. The highest BCUT2D eigenvalue weighted by Crippen LogP contribution is 2.36. The Hall–Kier alpha value is -2.00. The van der Waals surface area contributed by atoms with E-state index in [9.17, 15) is 0 Å². The van der Waals surface area contributed by atoms with Crippen LogP contribution < -0.4 is 14.8 Å². The van der Waals surface area contributed by atoms with E-state index in [1.807, 2.05) is 0 Å². The maximum Gasteiger partial charge on any atom is 0.161 e. The molecule has 24 heavy (non-hydrogen) atoms. The van der Waals surface area contributed by atoms with E-state index in [1.165, 1.54) is 27.8 Å². The van der Waals surface area contributed by atoms with E-state index >= 15 is 0 Å². The summed E-state index contributed by atoms with van der Waals surface area (Å²) in [5, 5.41) is 3.67. The Morgan fingerprint density at radius 1 is 0.958 bits per heavy atom. The van der Waals surface area contributed by atoms with Gasteiger partial charge in [-0.2, -0.15) is 0 Å². The van der Waals surface area contributed by atoms with E-state index in [1.54, 1.807) is 14.2 Å². The fourth-order valence-electron chi connectivity index (χ4n) is 3.75. The van der Waals surface area contributed by atoms with Crippen molar-refractivity contribution in [3.8, 4) is 11.5 Å². The van der Waals surface area contributed by atoms with E-state index < -0.39 is 0 Å². The van der Waals surface area contributed by atoms with E-state index in [0.717, 1.165) is 37.3 Å². The number of nitrogens with one attached hydrogen (secondary N) is 1. The van der Waals surface area contributed by atoms with Crippen LogP contribution in [0, 0.1) is 13.8 Å². The van der Waals surface area contributed by atoms with Gasteiger partial charge in [0.1, 0.15) is 0 Å². The molecule has 3 rings (SSSR count). The summed E-state index contributed by atoms with van der Waals surface area (Å²) < 4.78 is 10.9. The molecule has 0 unspecified atom stereocenters. The number of ether oxygens (including phenoxy) is 2. The summed E-state index contributed by atoms with van der Waals surface area (Å²) in [5.74, 6) is 1.64. The van der Waals surface area contributed by atoms with E-state index in [2.05, 4.69) is 49.5 Å². The molecule has 1 aliphatic heterocycles. The fraction of sp³-hybridized carbons (Fsp3) is 0.429. The predicted octanol–water partition coefficient (Wildman–Crippen LogP) is 4.14. The van der Waals surface area contributed by atoms with Gasteiger partial charge in [-0.15, -0.1) is 0 Å². The van der Waals surface area contributed by atoms with Crippen molar-refractivity contribution in [2.75, 3.05) is 20.8 Å². The lowest BCUT2D eigenvalue weighted by Gasteiger charge is -2.28. The van der Waals surface area contributed by atoms with Gasteiger partial charge in [0.25, 0.3) is 0 Å². The van der Waals surface area contributed by atoms with Crippen LogP contribution in [0.15, 0.2) is 30.3 Å². The second-order valence-electron chi connectivity index (χ2n) is 6.70. The van der Waals surface area contributed by atoms with Crippen LogP contribution in [0.2, 0.25) is 0 Å². The van der Waals surface area contributed by atoms with Crippen molar-refractivity contribution in [2.24, 2.45) is 0 Å². The summed E-state index contributed by atoms with van der Waals surface area (Å²) in [4.78, 5) is 0. The van der Waals surface area contributed by atoms with Crippen molar-refractivity contribution >= 4 is 0 Å². The van der Waals surface area contributed by atoms with Gasteiger partial charge in [-0.1, -0.05) is 29.3 Å². The number of rotatable bonds is 5. The topological polar surface area (TPSA) is 30.5 Å². The number of benzene rings is 2. The molecule has 0 radical (unpaired) electrons. The van der Waals surface area contributed by atoms with Gasteiger partial charge in [0.2, 0.25) is 0 Å². The van der Waals surface area contributed by atoms with Crippen LogP contribution in [-0.4, -0.2) is 20.8 Å². The number of hydrogen-bond donors (Lipinski definition) is 1. The van der Waals surface area contributed by atoms with Crippen LogP contribution in [0.1, 0.15) is 40.3 Å². The Morgan fingerprint density at radius 2 is 1.62 bits per heavy atom. The van der Waals surface area contributed by atoms with Gasteiger partial charge in [-0.25, -0.2) is 0 Å². The van der Waals surface area contributed by atoms with Gasteiger partial charge in [0, 0.05) is 6.04 Å². The first-order valence-electron chi connectivity index (χ1n) is 8.66. The van der Waals surface area contributed by atoms with Crippen molar-refractivity contribution in [3.63, 3.8) is 0 Å². The zero-order valence-corrected chi connectivity index (χ0v) is 15.1. The lowest BCUT2D eigenvalue weighted by atomic mass is 9.89. The van der Waals surface area contributed by atoms with Crippen LogP contribution in [-0.2, 0) is 12.8 Å². The summed E-state index contributed by atoms with van der Waals surface area (Å²) in [6, 6.07) is 11.5. The van der Waals surface area contributed by atoms with Gasteiger partial charge in [0.15, 0.2) is 11.5 Å². The molecule has 0 aliphatic carbocycles. The monoisotopic (exact) mass is 325 g/mol. The minimum atomic E-state index is 0.370. The minimum Gasteiger partial charge on any atom is -0.493 e. The van der Waals surface area contributed by atoms with E-state index in [4.69, 9.17) is 9.47 Å². The fourth-order valence-corrected chi connectivity index (χ4v) is 3.75. The first-order valence-corrected chi connectivity index (χ1v) is 8.66. The van der Waals surface area contributed by atoms with E-state index in [-0.39, 0.29) is 0 Å². The minimum absolute atomic E-state index is 0.370. The Bertz CT molecular complexity index is 704. The molecule has 0 saturated heterocycles.